The highest BCUT2D eigenvalue weighted by atomic mass is 35.5. The second-order valence-electron chi connectivity index (χ2n) is 6.65. The molecule has 29 heavy (non-hydrogen) atoms. The third-order valence-electron chi connectivity index (χ3n) is 4.55. The van der Waals surface area contributed by atoms with Gasteiger partial charge in [0.05, 0.1) is 17.8 Å². The molecule has 0 aliphatic rings. The summed E-state index contributed by atoms with van der Waals surface area (Å²) in [6.07, 6.45) is 0. The van der Waals surface area contributed by atoms with Crippen LogP contribution in [0.1, 0.15) is 11.5 Å². The summed E-state index contributed by atoms with van der Waals surface area (Å²) in [7, 11) is 0. The molecule has 0 saturated carbocycles. The summed E-state index contributed by atoms with van der Waals surface area (Å²) in [6, 6.07) is 18.2. The lowest BCUT2D eigenvalue weighted by Gasteiger charge is -2.13. The molecule has 1 N–H and O–H groups in total. The fraction of sp³-hybridized carbons (Fsp3) is 0.136. The van der Waals surface area contributed by atoms with Gasteiger partial charge in [0, 0.05) is 16.0 Å². The van der Waals surface area contributed by atoms with Crippen LogP contribution >= 0.6 is 11.6 Å². The SMILES string of the molecule is Cc1ccc(CNC(=O)Cn2c(=O)nc(-c3ccccc3)c3cc(Cl)ccc32)o1. The quantitative estimate of drug-likeness (QED) is 0.543. The molecule has 0 fully saturated rings. The number of nitrogens with zero attached hydrogens (tertiary/aromatic N) is 2. The van der Waals surface area contributed by atoms with Crippen molar-refractivity contribution in [3.63, 3.8) is 0 Å². The van der Waals surface area contributed by atoms with Gasteiger partial charge in [-0.05, 0) is 37.3 Å². The Labute approximate surface area is 171 Å². The van der Waals surface area contributed by atoms with Gasteiger partial charge in [-0.15, -0.1) is 0 Å². The molecule has 2 aromatic heterocycles. The molecule has 2 aromatic carbocycles. The smallest absolute Gasteiger partial charge is 0.349 e. The number of hydrogen-bond acceptors (Lipinski definition) is 4. The Morgan fingerprint density at radius 3 is 2.66 bits per heavy atom. The number of aryl methyl sites for hydroxylation is 1. The van der Waals surface area contributed by atoms with Gasteiger partial charge in [-0.3, -0.25) is 9.36 Å². The molecular weight excluding hydrogens is 390 g/mol. The molecule has 4 aromatic rings. The number of hydrogen-bond donors (Lipinski definition) is 1. The van der Waals surface area contributed by atoms with Crippen molar-refractivity contribution in [3.8, 4) is 11.3 Å². The maximum absolute atomic E-state index is 12.7. The molecule has 0 spiro atoms. The molecule has 146 valence electrons. The zero-order valence-electron chi connectivity index (χ0n) is 15.7. The zero-order chi connectivity index (χ0) is 20.4. The Hall–Kier alpha value is -3.38. The van der Waals surface area contributed by atoms with Crippen molar-refractivity contribution in [3.05, 3.63) is 87.7 Å². The first kappa shape index (κ1) is 19.0. The summed E-state index contributed by atoms with van der Waals surface area (Å²) >= 11 is 6.19. The number of carbonyl (C=O) groups excluding carboxylic acids is 1. The van der Waals surface area contributed by atoms with E-state index in [1.54, 1.807) is 24.3 Å². The number of fused-ring (bicyclic) bond motifs is 1. The molecule has 0 aliphatic heterocycles. The average molecular weight is 408 g/mol. The molecule has 0 radical (unpaired) electrons. The summed E-state index contributed by atoms with van der Waals surface area (Å²) in [5.41, 5.74) is 1.44. The molecule has 2 heterocycles. The highest BCUT2D eigenvalue weighted by molar-refractivity contribution is 6.31. The molecule has 4 rings (SSSR count). The minimum absolute atomic E-state index is 0.154. The van der Waals surface area contributed by atoms with Gasteiger partial charge in [-0.2, -0.15) is 4.98 Å². The van der Waals surface area contributed by atoms with E-state index >= 15 is 0 Å². The van der Waals surface area contributed by atoms with Gasteiger partial charge >= 0.3 is 5.69 Å². The Morgan fingerprint density at radius 1 is 1.14 bits per heavy atom. The van der Waals surface area contributed by atoms with Crippen LogP contribution in [0.25, 0.3) is 22.2 Å². The van der Waals surface area contributed by atoms with Crippen molar-refractivity contribution in [2.45, 2.75) is 20.0 Å². The fourth-order valence-corrected chi connectivity index (χ4v) is 3.36. The van der Waals surface area contributed by atoms with Gasteiger partial charge in [0.15, 0.2) is 0 Å². The maximum Gasteiger partial charge on any atom is 0.349 e. The third kappa shape index (κ3) is 4.07. The van der Waals surface area contributed by atoms with Crippen LogP contribution in [0.2, 0.25) is 5.02 Å². The molecule has 0 unspecified atom stereocenters. The van der Waals surface area contributed by atoms with E-state index in [2.05, 4.69) is 10.3 Å². The second-order valence-corrected chi connectivity index (χ2v) is 7.08. The van der Waals surface area contributed by atoms with Crippen molar-refractivity contribution >= 4 is 28.4 Å². The summed E-state index contributed by atoms with van der Waals surface area (Å²) < 4.78 is 6.79. The van der Waals surface area contributed by atoms with E-state index in [1.807, 2.05) is 43.3 Å². The predicted octanol–water partition coefficient (Wildman–Crippen LogP) is 3.93. The van der Waals surface area contributed by atoms with Crippen LogP contribution in [-0.2, 0) is 17.9 Å². The maximum atomic E-state index is 12.7. The normalized spacial score (nSPS) is 11.0. The lowest BCUT2D eigenvalue weighted by molar-refractivity contribution is -0.121. The van der Waals surface area contributed by atoms with E-state index in [0.29, 0.717) is 27.4 Å². The van der Waals surface area contributed by atoms with E-state index in [1.165, 1.54) is 4.57 Å². The number of nitrogens with one attached hydrogen (secondary N) is 1. The number of furan rings is 1. The van der Waals surface area contributed by atoms with Gasteiger partial charge in [-0.25, -0.2) is 4.79 Å². The lowest BCUT2D eigenvalue weighted by Crippen LogP contribution is -2.33. The molecule has 1 amide bonds. The van der Waals surface area contributed by atoms with E-state index in [-0.39, 0.29) is 19.0 Å². The van der Waals surface area contributed by atoms with Crippen molar-refractivity contribution in [2.24, 2.45) is 0 Å². The van der Waals surface area contributed by atoms with Crippen LogP contribution in [0.4, 0.5) is 0 Å². The summed E-state index contributed by atoms with van der Waals surface area (Å²) in [5.74, 6) is 1.11. The van der Waals surface area contributed by atoms with Crippen LogP contribution in [0.3, 0.4) is 0 Å². The topological polar surface area (TPSA) is 77.1 Å². The van der Waals surface area contributed by atoms with Crippen LogP contribution < -0.4 is 11.0 Å². The third-order valence-corrected chi connectivity index (χ3v) is 4.78. The number of amides is 1. The zero-order valence-corrected chi connectivity index (χ0v) is 16.4. The predicted molar refractivity (Wildman–Crippen MR) is 112 cm³/mol. The van der Waals surface area contributed by atoms with Gasteiger partial charge in [-0.1, -0.05) is 41.9 Å². The van der Waals surface area contributed by atoms with E-state index in [9.17, 15) is 9.59 Å². The monoisotopic (exact) mass is 407 g/mol. The van der Waals surface area contributed by atoms with Crippen molar-refractivity contribution < 1.29 is 9.21 Å². The highest BCUT2D eigenvalue weighted by Gasteiger charge is 2.15. The first-order chi connectivity index (χ1) is 14.0. The van der Waals surface area contributed by atoms with E-state index < -0.39 is 5.69 Å². The summed E-state index contributed by atoms with van der Waals surface area (Å²) in [4.78, 5) is 29.4. The first-order valence-corrected chi connectivity index (χ1v) is 9.46. The van der Waals surface area contributed by atoms with Gasteiger partial charge < -0.3 is 9.73 Å². The van der Waals surface area contributed by atoms with Crippen molar-refractivity contribution in [2.75, 3.05) is 0 Å². The number of carbonyl (C=O) groups is 1. The Bertz CT molecular complexity index is 1250. The van der Waals surface area contributed by atoms with Crippen LogP contribution in [-0.4, -0.2) is 15.5 Å². The lowest BCUT2D eigenvalue weighted by atomic mass is 10.1. The van der Waals surface area contributed by atoms with Crippen molar-refractivity contribution in [1.82, 2.24) is 14.9 Å². The van der Waals surface area contributed by atoms with E-state index in [0.717, 1.165) is 11.3 Å². The Balaban J connectivity index is 1.69. The number of rotatable bonds is 5. The van der Waals surface area contributed by atoms with Crippen LogP contribution in [0.15, 0.2) is 69.9 Å². The highest BCUT2D eigenvalue weighted by Crippen LogP contribution is 2.27. The van der Waals surface area contributed by atoms with Crippen LogP contribution in [0, 0.1) is 6.92 Å². The number of halogens is 1. The molecular formula is C22H18ClN3O3. The molecule has 6 nitrogen and oxygen atoms in total. The van der Waals surface area contributed by atoms with Crippen molar-refractivity contribution in [1.29, 1.82) is 0 Å². The minimum Gasteiger partial charge on any atom is -0.465 e. The summed E-state index contributed by atoms with van der Waals surface area (Å²) in [5, 5.41) is 4.00. The Kier molecular flexibility index (Phi) is 5.18. The standard InChI is InChI=1S/C22H18ClN3O3/c1-14-7-9-17(29-14)12-24-20(27)13-26-19-10-8-16(23)11-18(19)21(25-22(26)28)15-5-3-2-4-6-15/h2-11H,12-13H2,1H3,(H,24,27). The second kappa shape index (κ2) is 7.93. The molecule has 7 heteroatoms. The number of aromatic nitrogens is 2. The van der Waals surface area contributed by atoms with E-state index in [4.69, 9.17) is 16.0 Å². The average Bonchev–Trinajstić information content (AvgIpc) is 3.14. The van der Waals surface area contributed by atoms with Gasteiger partial charge in [0.25, 0.3) is 0 Å². The Morgan fingerprint density at radius 2 is 1.93 bits per heavy atom. The molecule has 0 atom stereocenters. The fourth-order valence-electron chi connectivity index (χ4n) is 3.19. The molecule has 0 bridgehead atoms. The molecule has 0 saturated heterocycles. The molecule has 0 aliphatic carbocycles. The minimum atomic E-state index is -0.498. The van der Waals surface area contributed by atoms with Crippen LogP contribution in [0.5, 0.6) is 0 Å². The largest absolute Gasteiger partial charge is 0.465 e. The van der Waals surface area contributed by atoms with Gasteiger partial charge in [0.1, 0.15) is 18.1 Å². The number of benzene rings is 2. The van der Waals surface area contributed by atoms with Gasteiger partial charge in [0.2, 0.25) is 5.91 Å². The first-order valence-electron chi connectivity index (χ1n) is 9.09. The summed E-state index contributed by atoms with van der Waals surface area (Å²) in [6.45, 7) is 1.93.